The van der Waals surface area contributed by atoms with Crippen molar-refractivity contribution in [1.82, 2.24) is 15.0 Å². The predicted molar refractivity (Wildman–Crippen MR) is 71.2 cm³/mol. The molecule has 0 spiro atoms. The van der Waals surface area contributed by atoms with Crippen molar-refractivity contribution in [2.75, 3.05) is 6.61 Å². The van der Waals surface area contributed by atoms with Crippen LogP contribution in [0.4, 0.5) is 0 Å². The first kappa shape index (κ1) is 14.2. The minimum absolute atomic E-state index is 0. The van der Waals surface area contributed by atoms with Gasteiger partial charge in [-0.1, -0.05) is 39.7 Å². The fraction of sp³-hybridized carbons (Fsp3) is 0.154. The fourth-order valence-electron chi connectivity index (χ4n) is 1.81. The summed E-state index contributed by atoms with van der Waals surface area (Å²) in [6.07, 6.45) is 0.729. The Hall–Kier alpha value is -1.25. The van der Waals surface area contributed by atoms with Crippen LogP contribution in [0.25, 0.3) is 11.0 Å². The molecule has 0 aliphatic heterocycles. The first-order chi connectivity index (χ1) is 8.90. The van der Waals surface area contributed by atoms with Gasteiger partial charge < -0.3 is 4.74 Å². The average molecular weight is 265 g/mol. The molecule has 2 heterocycles. The Kier molecular flexibility index (Phi) is 4.67. The third kappa shape index (κ3) is 2.70. The van der Waals surface area contributed by atoms with Gasteiger partial charge in [0.15, 0.2) is 0 Å². The Morgan fingerprint density at radius 2 is 2.16 bits per heavy atom. The maximum atomic E-state index is 5.72. The molecule has 6 heteroatoms. The van der Waals surface area contributed by atoms with Crippen LogP contribution in [-0.4, -0.2) is 21.6 Å². The molecule has 0 bridgehead atoms. The first-order valence-electron chi connectivity index (χ1n) is 5.73. The van der Waals surface area contributed by atoms with Crippen molar-refractivity contribution in [3.63, 3.8) is 0 Å². The van der Waals surface area contributed by atoms with Crippen LogP contribution >= 0.6 is 11.3 Å². The van der Waals surface area contributed by atoms with Gasteiger partial charge in [-0.05, 0) is 13.0 Å². The van der Waals surface area contributed by atoms with Gasteiger partial charge in [-0.3, -0.25) is 4.68 Å². The zero-order valence-electron chi connectivity index (χ0n) is 10.9. The molecule has 2 aromatic heterocycles. The number of thiophene rings is 1. The summed E-state index contributed by atoms with van der Waals surface area (Å²) in [5, 5.41) is 12.4. The summed E-state index contributed by atoms with van der Waals surface area (Å²) >= 11 is 1.63. The van der Waals surface area contributed by atoms with Gasteiger partial charge in [0.25, 0.3) is 0 Å². The van der Waals surface area contributed by atoms with E-state index in [2.05, 4.69) is 10.3 Å². The molecule has 0 N–H and O–H groups in total. The second-order valence-corrected chi connectivity index (χ2v) is 4.52. The minimum Gasteiger partial charge on any atom is -0.375 e. The van der Waals surface area contributed by atoms with E-state index in [-0.39, 0.29) is 18.9 Å². The summed E-state index contributed by atoms with van der Waals surface area (Å²) < 4.78 is 7.47. The number of rotatable bonds is 4. The van der Waals surface area contributed by atoms with Crippen LogP contribution in [0.3, 0.4) is 0 Å². The van der Waals surface area contributed by atoms with Crippen LogP contribution in [0.1, 0.15) is 12.5 Å². The molecule has 0 aliphatic carbocycles. The van der Waals surface area contributed by atoms with E-state index >= 15 is 0 Å². The van der Waals surface area contributed by atoms with Crippen molar-refractivity contribution in [3.05, 3.63) is 52.9 Å². The van der Waals surface area contributed by atoms with Crippen molar-refractivity contribution in [2.24, 2.45) is 0 Å². The Balaban J connectivity index is 0.00000133. The molecule has 0 unspecified atom stereocenters. The molecule has 0 amide bonds. The van der Waals surface area contributed by atoms with E-state index in [0.29, 0.717) is 6.61 Å². The van der Waals surface area contributed by atoms with E-state index in [1.807, 2.05) is 48.0 Å². The van der Waals surface area contributed by atoms with E-state index in [1.165, 1.54) is 0 Å². The number of para-hydroxylation sites is 1. The van der Waals surface area contributed by atoms with E-state index in [0.717, 1.165) is 22.8 Å². The molecule has 0 atom stereocenters. The number of aromatic nitrogens is 3. The molecule has 0 saturated heterocycles. The third-order valence-electron chi connectivity index (χ3n) is 2.59. The smallest absolute Gasteiger partial charge is 0.375 e. The number of hydrogen-bond acceptors (Lipinski definition) is 4. The molecular weight excluding hydrogens is 253 g/mol. The summed E-state index contributed by atoms with van der Waals surface area (Å²) in [6.45, 7) is 2.56. The molecule has 0 radical (unpaired) electrons. The normalized spacial score (nSPS) is 10.4. The molecule has 1 aromatic carbocycles. The van der Waals surface area contributed by atoms with Crippen LogP contribution in [0, 0.1) is 6.23 Å². The van der Waals surface area contributed by atoms with E-state index in [4.69, 9.17) is 4.74 Å². The Morgan fingerprint density at radius 1 is 1.32 bits per heavy atom. The van der Waals surface area contributed by atoms with Crippen molar-refractivity contribution in [2.45, 2.75) is 6.92 Å². The van der Waals surface area contributed by atoms with Crippen LogP contribution < -0.4 is 18.9 Å². The van der Waals surface area contributed by atoms with Gasteiger partial charge in [0, 0.05) is 12.1 Å². The fourth-order valence-corrected chi connectivity index (χ4v) is 2.44. The van der Waals surface area contributed by atoms with Gasteiger partial charge in [-0.15, -0.1) is 11.2 Å². The largest absolute Gasteiger partial charge is 1.00 e. The number of hydrogen-bond donors (Lipinski definition) is 0. The summed E-state index contributed by atoms with van der Waals surface area (Å²) in [6, 6.07) is 9.87. The van der Waals surface area contributed by atoms with Crippen molar-refractivity contribution >= 4 is 22.4 Å². The summed E-state index contributed by atoms with van der Waals surface area (Å²) in [7, 11) is 0. The van der Waals surface area contributed by atoms with Gasteiger partial charge in [-0.2, -0.15) is 0 Å². The monoisotopic (exact) mass is 265 g/mol. The average Bonchev–Trinajstić information content (AvgIpc) is 3.06. The van der Waals surface area contributed by atoms with Gasteiger partial charge in [0.05, 0.1) is 11.7 Å². The van der Waals surface area contributed by atoms with Gasteiger partial charge in [0.1, 0.15) is 0 Å². The number of benzene rings is 1. The molecule has 4 nitrogen and oxygen atoms in total. The maximum absolute atomic E-state index is 5.72. The summed E-state index contributed by atoms with van der Waals surface area (Å²) in [5.74, 6) is 0. The minimum atomic E-state index is 0. The second-order valence-electron chi connectivity index (χ2n) is 3.74. The number of ether oxygens (including phenoxy) is 1. The van der Waals surface area contributed by atoms with Gasteiger partial charge in [-0.25, -0.2) is 11.3 Å². The standard InChI is InChI=1S/C13H12N3OS.Li/c1-2-17-13(10-7-8-18-9-10)16-12-6-4-3-5-11(12)14-15-16;/h3-9H,2H2,1H3;/q-1;+1. The van der Waals surface area contributed by atoms with Crippen LogP contribution in [0.2, 0.25) is 0 Å². The van der Waals surface area contributed by atoms with E-state index in [9.17, 15) is 0 Å². The van der Waals surface area contributed by atoms with E-state index in [1.54, 1.807) is 16.0 Å². The maximum Gasteiger partial charge on any atom is 1.00 e. The van der Waals surface area contributed by atoms with E-state index < -0.39 is 0 Å². The van der Waals surface area contributed by atoms with Crippen molar-refractivity contribution < 1.29 is 23.6 Å². The molecule has 0 aliphatic rings. The molecule has 19 heavy (non-hydrogen) atoms. The predicted octanol–water partition coefficient (Wildman–Crippen LogP) is -0.0808. The quantitative estimate of drug-likeness (QED) is 0.489. The van der Waals surface area contributed by atoms with Crippen LogP contribution in [-0.2, 0) is 4.74 Å². The topological polar surface area (TPSA) is 39.9 Å². The molecule has 3 rings (SSSR count). The zero-order valence-corrected chi connectivity index (χ0v) is 11.7. The van der Waals surface area contributed by atoms with Crippen molar-refractivity contribution in [3.8, 4) is 0 Å². The Labute approximate surface area is 127 Å². The first-order valence-corrected chi connectivity index (χ1v) is 6.67. The Morgan fingerprint density at radius 3 is 2.89 bits per heavy atom. The SMILES string of the molecule is CCO[C-](c1ccsc1)n1nnc2ccccc21.[Li+]. The summed E-state index contributed by atoms with van der Waals surface area (Å²) in [4.78, 5) is 0. The molecule has 92 valence electrons. The van der Waals surface area contributed by atoms with Gasteiger partial charge >= 0.3 is 18.9 Å². The van der Waals surface area contributed by atoms with Crippen LogP contribution in [0.5, 0.6) is 0 Å². The summed E-state index contributed by atoms with van der Waals surface area (Å²) in [5.41, 5.74) is 2.84. The number of nitrogens with zero attached hydrogens (tertiary/aromatic N) is 3. The van der Waals surface area contributed by atoms with Crippen molar-refractivity contribution in [1.29, 1.82) is 0 Å². The molecule has 3 aromatic rings. The Bertz CT molecular complexity index is 638. The zero-order chi connectivity index (χ0) is 12.4. The second kappa shape index (κ2) is 6.26. The molecule has 0 saturated carbocycles. The number of fused-ring (bicyclic) bond motifs is 1. The third-order valence-corrected chi connectivity index (χ3v) is 3.28. The molecule has 0 fully saturated rings. The van der Waals surface area contributed by atoms with Crippen LogP contribution in [0.15, 0.2) is 41.1 Å². The molecular formula is C13H12LiN3OS. The van der Waals surface area contributed by atoms with Gasteiger partial charge in [0.2, 0.25) is 0 Å².